The molecular weight excluding hydrogens is 180 g/mol. The average molecular weight is 200 g/mol. The molecule has 4 nitrogen and oxygen atoms in total. The van der Waals surface area contributed by atoms with Gasteiger partial charge in [-0.1, -0.05) is 6.58 Å². The van der Waals surface area contributed by atoms with E-state index in [-0.39, 0.29) is 5.97 Å². The van der Waals surface area contributed by atoms with Gasteiger partial charge in [0.2, 0.25) is 0 Å². The fourth-order valence-corrected chi connectivity index (χ4v) is 0.793. The number of hydrogen-bond acceptors (Lipinski definition) is 4. The van der Waals surface area contributed by atoms with Crippen LogP contribution >= 0.6 is 0 Å². The van der Waals surface area contributed by atoms with Crippen molar-refractivity contribution in [3.8, 4) is 0 Å². The zero-order valence-corrected chi connectivity index (χ0v) is 9.25. The molecule has 82 valence electrons. The van der Waals surface area contributed by atoms with E-state index in [0.717, 1.165) is 13.0 Å². The summed E-state index contributed by atoms with van der Waals surface area (Å²) in [6, 6.07) is 0.312. The first-order valence-electron chi connectivity index (χ1n) is 4.79. The summed E-state index contributed by atoms with van der Waals surface area (Å²) in [4.78, 5) is 11.0. The summed E-state index contributed by atoms with van der Waals surface area (Å²) in [6.45, 7) is 10.3. The van der Waals surface area contributed by atoms with Crippen LogP contribution in [-0.2, 0) is 9.53 Å². The third-order valence-corrected chi connectivity index (χ3v) is 1.81. The highest BCUT2D eigenvalue weighted by Gasteiger charge is 2.05. The predicted octanol–water partition coefficient (Wildman–Crippen LogP) is 1.08. The molecule has 0 aliphatic rings. The molecule has 2 N–H and O–H groups in total. The van der Waals surface area contributed by atoms with Gasteiger partial charge in [-0.25, -0.2) is 9.80 Å². The first kappa shape index (κ1) is 13.1. The molecule has 4 heteroatoms. The molecule has 0 bridgehead atoms. The number of hydrazine groups is 1. The maximum Gasteiger partial charge on any atom is 0.333 e. The molecule has 0 atom stereocenters. The van der Waals surface area contributed by atoms with Crippen LogP contribution in [0.4, 0.5) is 0 Å². The molecule has 0 heterocycles. The van der Waals surface area contributed by atoms with E-state index in [1.54, 1.807) is 11.9 Å². The second-order valence-electron chi connectivity index (χ2n) is 3.60. The molecule has 0 rings (SSSR count). The van der Waals surface area contributed by atoms with E-state index < -0.39 is 0 Å². The Kier molecular flexibility index (Phi) is 6.16. The first-order chi connectivity index (χ1) is 6.45. The number of carbonyl (C=O) groups is 1. The Labute approximate surface area is 85.7 Å². The third-order valence-electron chi connectivity index (χ3n) is 1.81. The Morgan fingerprint density at radius 2 is 2.14 bits per heavy atom. The fraction of sp³-hybridized carbons (Fsp3) is 0.700. The quantitative estimate of drug-likeness (QED) is 0.229. The van der Waals surface area contributed by atoms with Crippen LogP contribution in [0.15, 0.2) is 12.2 Å². The predicted molar refractivity (Wildman–Crippen MR) is 56.4 cm³/mol. The molecule has 0 spiro atoms. The number of ether oxygens (including phenoxy) is 1. The monoisotopic (exact) mass is 200 g/mol. The lowest BCUT2D eigenvalue weighted by Crippen LogP contribution is -2.38. The van der Waals surface area contributed by atoms with Gasteiger partial charge in [-0.05, 0) is 27.2 Å². The number of carbonyl (C=O) groups excluding carboxylic acids is 1. The van der Waals surface area contributed by atoms with Gasteiger partial charge in [0.15, 0.2) is 0 Å². The zero-order valence-electron chi connectivity index (χ0n) is 9.25. The smallest absolute Gasteiger partial charge is 0.333 e. The molecule has 0 amide bonds. The minimum atomic E-state index is -0.335. The number of nitrogens with zero attached hydrogens (tertiary/aromatic N) is 1. The Bertz CT molecular complexity index is 202. The fourth-order valence-electron chi connectivity index (χ4n) is 0.793. The van der Waals surface area contributed by atoms with Crippen molar-refractivity contribution < 1.29 is 9.53 Å². The maximum atomic E-state index is 11.0. The number of nitrogens with two attached hydrogens (primary N) is 1. The van der Waals surface area contributed by atoms with Gasteiger partial charge in [0.05, 0.1) is 6.61 Å². The number of esters is 1. The largest absolute Gasteiger partial charge is 0.462 e. The Hall–Kier alpha value is -0.870. The van der Waals surface area contributed by atoms with Crippen molar-refractivity contribution in [2.75, 3.05) is 13.2 Å². The van der Waals surface area contributed by atoms with Crippen LogP contribution in [-0.4, -0.2) is 30.2 Å². The molecule has 0 saturated heterocycles. The van der Waals surface area contributed by atoms with Gasteiger partial charge in [0.25, 0.3) is 0 Å². The van der Waals surface area contributed by atoms with E-state index in [2.05, 4.69) is 6.58 Å². The van der Waals surface area contributed by atoms with Crippen molar-refractivity contribution in [3.63, 3.8) is 0 Å². The molecule has 0 radical (unpaired) electrons. The normalized spacial score (nSPS) is 10.7. The van der Waals surface area contributed by atoms with Crippen molar-refractivity contribution in [2.45, 2.75) is 33.2 Å². The molecule has 0 unspecified atom stereocenters. The lowest BCUT2D eigenvalue weighted by molar-refractivity contribution is -0.139. The standard InChI is InChI=1S/C10H20N2O2/c1-8(2)10(13)14-7-5-6-12(11)9(3)4/h9H,1,5-7,11H2,2-4H3. The molecule has 0 aliphatic heterocycles. The summed E-state index contributed by atoms with van der Waals surface area (Å²) in [6.07, 6.45) is 0.744. The van der Waals surface area contributed by atoms with Gasteiger partial charge in [0, 0.05) is 18.2 Å². The van der Waals surface area contributed by atoms with Gasteiger partial charge in [-0.2, -0.15) is 0 Å². The topological polar surface area (TPSA) is 55.6 Å². The summed E-state index contributed by atoms with van der Waals surface area (Å²) >= 11 is 0. The molecule has 0 aromatic carbocycles. The van der Waals surface area contributed by atoms with Crippen molar-refractivity contribution in [1.29, 1.82) is 0 Å². The summed E-state index contributed by atoms with van der Waals surface area (Å²) in [5, 5.41) is 1.72. The van der Waals surface area contributed by atoms with E-state index in [1.165, 1.54) is 0 Å². The summed E-state index contributed by atoms with van der Waals surface area (Å²) in [5.74, 6) is 5.33. The van der Waals surface area contributed by atoms with E-state index >= 15 is 0 Å². The Morgan fingerprint density at radius 3 is 2.57 bits per heavy atom. The summed E-state index contributed by atoms with van der Waals surface area (Å²) in [7, 11) is 0. The minimum Gasteiger partial charge on any atom is -0.462 e. The van der Waals surface area contributed by atoms with E-state index in [4.69, 9.17) is 10.6 Å². The van der Waals surface area contributed by atoms with Gasteiger partial charge in [-0.15, -0.1) is 0 Å². The first-order valence-corrected chi connectivity index (χ1v) is 4.79. The highest BCUT2D eigenvalue weighted by atomic mass is 16.5. The summed E-state index contributed by atoms with van der Waals surface area (Å²) < 4.78 is 4.91. The molecule has 0 aromatic rings. The maximum absolute atomic E-state index is 11.0. The average Bonchev–Trinajstić information content (AvgIpc) is 2.11. The van der Waals surface area contributed by atoms with Crippen molar-refractivity contribution in [2.24, 2.45) is 5.84 Å². The minimum absolute atomic E-state index is 0.312. The molecule has 0 aromatic heterocycles. The highest BCUT2D eigenvalue weighted by molar-refractivity contribution is 5.86. The van der Waals surface area contributed by atoms with Crippen LogP contribution < -0.4 is 5.84 Å². The van der Waals surface area contributed by atoms with Crippen LogP contribution in [0.3, 0.4) is 0 Å². The summed E-state index contributed by atoms with van der Waals surface area (Å²) in [5.41, 5.74) is 0.429. The van der Waals surface area contributed by atoms with Gasteiger partial charge in [0.1, 0.15) is 0 Å². The van der Waals surface area contributed by atoms with Crippen LogP contribution in [0.25, 0.3) is 0 Å². The van der Waals surface area contributed by atoms with Crippen LogP contribution in [0, 0.1) is 0 Å². The molecule has 0 saturated carbocycles. The third kappa shape index (κ3) is 5.72. The van der Waals surface area contributed by atoms with Gasteiger partial charge < -0.3 is 4.74 Å². The van der Waals surface area contributed by atoms with Gasteiger partial charge in [-0.3, -0.25) is 5.84 Å². The highest BCUT2D eigenvalue weighted by Crippen LogP contribution is 1.96. The molecule has 0 aliphatic carbocycles. The van der Waals surface area contributed by atoms with Crippen LogP contribution in [0.1, 0.15) is 27.2 Å². The zero-order chi connectivity index (χ0) is 11.1. The number of hydrogen-bond donors (Lipinski definition) is 1. The Balaban J connectivity index is 3.47. The van der Waals surface area contributed by atoms with Crippen LogP contribution in [0.2, 0.25) is 0 Å². The lowest BCUT2D eigenvalue weighted by Gasteiger charge is -2.19. The van der Waals surface area contributed by atoms with Crippen molar-refractivity contribution in [3.05, 3.63) is 12.2 Å². The molecule has 14 heavy (non-hydrogen) atoms. The van der Waals surface area contributed by atoms with E-state index in [9.17, 15) is 4.79 Å². The number of rotatable bonds is 6. The SMILES string of the molecule is C=C(C)C(=O)OCCCN(N)C(C)C. The van der Waals surface area contributed by atoms with E-state index in [0.29, 0.717) is 18.2 Å². The molecular formula is C10H20N2O2. The second-order valence-corrected chi connectivity index (χ2v) is 3.60. The lowest BCUT2D eigenvalue weighted by atomic mass is 10.3. The Morgan fingerprint density at radius 1 is 1.57 bits per heavy atom. The van der Waals surface area contributed by atoms with Crippen molar-refractivity contribution in [1.82, 2.24) is 5.01 Å². The second kappa shape index (κ2) is 6.56. The van der Waals surface area contributed by atoms with E-state index in [1.807, 2.05) is 13.8 Å². The van der Waals surface area contributed by atoms with Crippen LogP contribution in [0.5, 0.6) is 0 Å². The van der Waals surface area contributed by atoms with Crippen molar-refractivity contribution >= 4 is 5.97 Å². The molecule has 0 fully saturated rings. The van der Waals surface area contributed by atoms with Gasteiger partial charge >= 0.3 is 5.97 Å².